The summed E-state index contributed by atoms with van der Waals surface area (Å²) in [5.74, 6) is -1.47. The second kappa shape index (κ2) is 8.05. The molecule has 3 rings (SSSR count). The summed E-state index contributed by atoms with van der Waals surface area (Å²) < 4.78 is 0. The number of nitrogens with zero attached hydrogens (tertiary/aromatic N) is 1. The van der Waals surface area contributed by atoms with E-state index in [1.54, 1.807) is 0 Å². The molecular weight excluding hydrogens is 294 g/mol. The maximum atomic E-state index is 10.3. The number of para-hydroxylation sites is 1. The van der Waals surface area contributed by atoms with Crippen molar-refractivity contribution in [1.29, 1.82) is 0 Å². The Morgan fingerprint density at radius 3 is 2.30 bits per heavy atom. The predicted octanol–water partition coefficient (Wildman–Crippen LogP) is 1.77. The molecule has 0 saturated carbocycles. The molecule has 0 radical (unpaired) electrons. The highest BCUT2D eigenvalue weighted by Crippen LogP contribution is 2.19. The summed E-state index contributed by atoms with van der Waals surface area (Å²) in [6.45, 7) is 4.47. The molecule has 1 heterocycles. The average Bonchev–Trinajstić information content (AvgIpc) is 2.57. The monoisotopic (exact) mass is 315 g/mol. The van der Waals surface area contributed by atoms with Gasteiger partial charge in [0, 0.05) is 43.6 Å². The van der Waals surface area contributed by atoms with Crippen LogP contribution in [0.5, 0.6) is 5.75 Å². The second-order valence-electron chi connectivity index (χ2n) is 5.15. The number of nitrogens with one attached hydrogen (secondary N) is 1. The van der Waals surface area contributed by atoms with Crippen LogP contribution in [0.3, 0.4) is 0 Å². The zero-order valence-corrected chi connectivity index (χ0v) is 12.8. The third-order valence-electron chi connectivity index (χ3n) is 3.49. The van der Waals surface area contributed by atoms with Gasteiger partial charge in [-0.2, -0.15) is 0 Å². The minimum absolute atomic E-state index is 0.140. The van der Waals surface area contributed by atoms with Crippen LogP contribution in [-0.4, -0.2) is 42.4 Å². The van der Waals surface area contributed by atoms with E-state index in [9.17, 15) is 4.79 Å². The third kappa shape index (κ3) is 4.89. The van der Waals surface area contributed by atoms with E-state index in [1.807, 2.05) is 0 Å². The predicted molar refractivity (Wildman–Crippen MR) is 91.0 cm³/mol. The van der Waals surface area contributed by atoms with E-state index in [0.29, 0.717) is 5.69 Å². The summed E-state index contributed by atoms with van der Waals surface area (Å²) in [5.41, 5.74) is 6.82. The Morgan fingerprint density at radius 2 is 1.74 bits per heavy atom. The SMILES string of the molecule is Nc1ccc(C(=O)O)c(O)c1.c1ccc(N2CCNCC2)cc1. The lowest BCUT2D eigenvalue weighted by Crippen LogP contribution is -2.43. The molecule has 0 bridgehead atoms. The molecule has 2 aromatic rings. The number of carboxylic acids is 1. The fourth-order valence-electron chi connectivity index (χ4n) is 2.29. The Labute approximate surface area is 135 Å². The molecule has 0 amide bonds. The van der Waals surface area contributed by atoms with Gasteiger partial charge in [-0.05, 0) is 24.3 Å². The van der Waals surface area contributed by atoms with Gasteiger partial charge in [0.05, 0.1) is 0 Å². The number of hydrogen-bond donors (Lipinski definition) is 4. The molecule has 1 fully saturated rings. The van der Waals surface area contributed by atoms with Gasteiger partial charge in [0.15, 0.2) is 0 Å². The Morgan fingerprint density at radius 1 is 1.09 bits per heavy atom. The molecule has 0 aliphatic carbocycles. The fraction of sp³-hybridized carbons (Fsp3) is 0.235. The number of hydrogen-bond acceptors (Lipinski definition) is 5. The molecule has 0 aromatic heterocycles. The van der Waals surface area contributed by atoms with Crippen LogP contribution in [0.15, 0.2) is 48.5 Å². The van der Waals surface area contributed by atoms with Crippen molar-refractivity contribution in [3.8, 4) is 5.75 Å². The van der Waals surface area contributed by atoms with Gasteiger partial charge in [-0.3, -0.25) is 0 Å². The van der Waals surface area contributed by atoms with Crippen molar-refractivity contribution in [1.82, 2.24) is 5.32 Å². The number of carbonyl (C=O) groups is 1. The van der Waals surface area contributed by atoms with Gasteiger partial charge in [0.2, 0.25) is 0 Å². The van der Waals surface area contributed by atoms with Crippen LogP contribution in [-0.2, 0) is 0 Å². The lowest BCUT2D eigenvalue weighted by Gasteiger charge is -2.29. The third-order valence-corrected chi connectivity index (χ3v) is 3.49. The summed E-state index contributed by atoms with van der Waals surface area (Å²) in [4.78, 5) is 12.7. The summed E-state index contributed by atoms with van der Waals surface area (Å²) in [5, 5.41) is 20.8. The molecular formula is C17H21N3O3. The maximum Gasteiger partial charge on any atom is 0.339 e. The fourth-order valence-corrected chi connectivity index (χ4v) is 2.29. The van der Waals surface area contributed by atoms with Crippen LogP contribution in [0.25, 0.3) is 0 Å². The van der Waals surface area contributed by atoms with Crippen molar-refractivity contribution in [3.05, 3.63) is 54.1 Å². The molecule has 1 saturated heterocycles. The quantitative estimate of drug-likeness (QED) is 0.630. The average molecular weight is 315 g/mol. The van der Waals surface area contributed by atoms with Crippen LogP contribution in [0.1, 0.15) is 10.4 Å². The van der Waals surface area contributed by atoms with Crippen molar-refractivity contribution in [2.45, 2.75) is 0 Å². The van der Waals surface area contributed by atoms with Gasteiger partial charge in [-0.1, -0.05) is 18.2 Å². The number of piperazine rings is 1. The highest BCUT2D eigenvalue weighted by Gasteiger charge is 2.09. The molecule has 0 atom stereocenters. The number of nitrogen functional groups attached to an aromatic ring is 1. The number of anilines is 2. The van der Waals surface area contributed by atoms with E-state index in [0.717, 1.165) is 26.2 Å². The summed E-state index contributed by atoms with van der Waals surface area (Å²) in [7, 11) is 0. The van der Waals surface area contributed by atoms with Crippen LogP contribution < -0.4 is 16.0 Å². The number of carboxylic acid groups (broad SMARTS) is 1. The second-order valence-corrected chi connectivity index (χ2v) is 5.15. The Kier molecular flexibility index (Phi) is 5.82. The number of nitrogens with two attached hydrogens (primary N) is 1. The van der Waals surface area contributed by atoms with Crippen LogP contribution in [0, 0.1) is 0 Å². The zero-order valence-electron chi connectivity index (χ0n) is 12.8. The van der Waals surface area contributed by atoms with E-state index >= 15 is 0 Å². The molecule has 5 N–H and O–H groups in total. The number of aromatic hydroxyl groups is 1. The lowest BCUT2D eigenvalue weighted by molar-refractivity contribution is 0.0694. The van der Waals surface area contributed by atoms with Crippen molar-refractivity contribution in [2.24, 2.45) is 0 Å². The van der Waals surface area contributed by atoms with Crippen LogP contribution >= 0.6 is 0 Å². The van der Waals surface area contributed by atoms with Gasteiger partial charge in [-0.25, -0.2) is 4.79 Å². The molecule has 122 valence electrons. The highest BCUT2D eigenvalue weighted by atomic mass is 16.4. The number of rotatable bonds is 2. The van der Waals surface area contributed by atoms with Gasteiger partial charge in [-0.15, -0.1) is 0 Å². The molecule has 23 heavy (non-hydrogen) atoms. The lowest BCUT2D eigenvalue weighted by atomic mass is 10.2. The van der Waals surface area contributed by atoms with E-state index < -0.39 is 5.97 Å². The first-order valence-electron chi connectivity index (χ1n) is 7.40. The smallest absolute Gasteiger partial charge is 0.339 e. The van der Waals surface area contributed by atoms with Gasteiger partial charge >= 0.3 is 5.97 Å². The molecule has 0 spiro atoms. The van der Waals surface area contributed by atoms with Crippen molar-refractivity contribution < 1.29 is 15.0 Å². The minimum Gasteiger partial charge on any atom is -0.507 e. The minimum atomic E-state index is -1.16. The number of phenols is 1. The zero-order chi connectivity index (χ0) is 16.7. The molecule has 2 aromatic carbocycles. The molecule has 1 aliphatic heterocycles. The molecule has 1 aliphatic rings. The van der Waals surface area contributed by atoms with E-state index in [4.69, 9.17) is 15.9 Å². The first kappa shape index (κ1) is 16.6. The Bertz CT molecular complexity index is 641. The number of aromatic carboxylic acids is 1. The molecule has 6 heteroatoms. The summed E-state index contributed by atoms with van der Waals surface area (Å²) in [6, 6.07) is 14.5. The Hall–Kier alpha value is -2.73. The van der Waals surface area contributed by atoms with Gasteiger partial charge < -0.3 is 26.2 Å². The van der Waals surface area contributed by atoms with E-state index in [-0.39, 0.29) is 11.3 Å². The molecule has 0 unspecified atom stereocenters. The van der Waals surface area contributed by atoms with Gasteiger partial charge in [0.25, 0.3) is 0 Å². The van der Waals surface area contributed by atoms with Crippen LogP contribution in [0.4, 0.5) is 11.4 Å². The van der Waals surface area contributed by atoms with E-state index in [1.165, 1.54) is 23.9 Å². The van der Waals surface area contributed by atoms with Crippen molar-refractivity contribution in [3.63, 3.8) is 0 Å². The van der Waals surface area contributed by atoms with E-state index in [2.05, 4.69) is 40.5 Å². The summed E-state index contributed by atoms with van der Waals surface area (Å²) >= 11 is 0. The highest BCUT2D eigenvalue weighted by molar-refractivity contribution is 5.91. The van der Waals surface area contributed by atoms with Gasteiger partial charge in [0.1, 0.15) is 11.3 Å². The first-order chi connectivity index (χ1) is 11.1. The van der Waals surface area contributed by atoms with Crippen molar-refractivity contribution >= 4 is 17.3 Å². The Balaban J connectivity index is 0.000000168. The largest absolute Gasteiger partial charge is 0.507 e. The number of benzene rings is 2. The normalized spacial score (nSPS) is 13.8. The summed E-state index contributed by atoms with van der Waals surface area (Å²) in [6.07, 6.45) is 0. The first-order valence-corrected chi connectivity index (χ1v) is 7.40. The van der Waals surface area contributed by atoms with Crippen molar-refractivity contribution in [2.75, 3.05) is 36.8 Å². The maximum absolute atomic E-state index is 10.3. The standard InChI is InChI=1S/C10H14N2.C7H7NO3/c1-2-4-10(5-3-1)12-8-6-11-7-9-12;8-4-1-2-5(7(10)11)6(9)3-4/h1-5,11H,6-9H2;1-3,9H,8H2,(H,10,11). The molecule has 6 nitrogen and oxygen atoms in total. The van der Waals surface area contributed by atoms with Crippen LogP contribution in [0.2, 0.25) is 0 Å². The topological polar surface area (TPSA) is 98.8 Å².